The van der Waals surface area contributed by atoms with Crippen LogP contribution < -0.4 is 5.32 Å². The fourth-order valence-electron chi connectivity index (χ4n) is 2.35. The number of carbonyl (C=O) groups excluding carboxylic acids is 1. The Hall–Kier alpha value is -2.68. The van der Waals surface area contributed by atoms with Gasteiger partial charge in [0.1, 0.15) is 0 Å². The Morgan fingerprint density at radius 1 is 1.05 bits per heavy atom. The third kappa shape index (κ3) is 2.63. The molecular weight excluding hydrogens is 260 g/mol. The van der Waals surface area contributed by atoms with Gasteiger partial charge in [0.15, 0.2) is 0 Å². The van der Waals surface area contributed by atoms with Crippen LogP contribution in [0.2, 0.25) is 0 Å². The van der Waals surface area contributed by atoms with Gasteiger partial charge in [-0.25, -0.2) is 0 Å². The van der Waals surface area contributed by atoms with Gasteiger partial charge in [-0.2, -0.15) is 0 Å². The fraction of sp³-hybridized carbons (Fsp3) is 0.111. The topological polar surface area (TPSA) is 42.0 Å². The molecule has 3 rings (SSSR count). The van der Waals surface area contributed by atoms with Gasteiger partial charge in [-0.1, -0.05) is 30.3 Å². The maximum Gasteiger partial charge on any atom is 0.256 e. The molecule has 1 N–H and O–H groups in total. The number of para-hydroxylation sites is 1. The van der Waals surface area contributed by atoms with Crippen molar-refractivity contribution >= 4 is 22.5 Å². The van der Waals surface area contributed by atoms with Crippen molar-refractivity contribution in [3.8, 4) is 0 Å². The molecule has 0 aliphatic heterocycles. The van der Waals surface area contributed by atoms with Crippen molar-refractivity contribution in [2.45, 2.75) is 13.8 Å². The molecule has 21 heavy (non-hydrogen) atoms. The highest BCUT2D eigenvalue weighted by molar-refractivity contribution is 6.12. The van der Waals surface area contributed by atoms with Gasteiger partial charge in [0, 0.05) is 17.3 Å². The van der Waals surface area contributed by atoms with Gasteiger partial charge < -0.3 is 5.32 Å². The number of amides is 1. The molecule has 0 unspecified atom stereocenters. The highest BCUT2D eigenvalue weighted by atomic mass is 16.1. The van der Waals surface area contributed by atoms with Crippen molar-refractivity contribution < 1.29 is 4.79 Å². The molecule has 0 saturated heterocycles. The third-order valence-electron chi connectivity index (χ3n) is 3.53. The molecular formula is C18H16N2O. The molecule has 0 atom stereocenters. The number of aryl methyl sites for hydroxylation is 2. The number of aromatic nitrogens is 1. The first-order valence-electron chi connectivity index (χ1n) is 6.87. The summed E-state index contributed by atoms with van der Waals surface area (Å²) in [4.78, 5) is 16.8. The normalized spacial score (nSPS) is 10.6. The third-order valence-corrected chi connectivity index (χ3v) is 3.53. The van der Waals surface area contributed by atoms with Crippen molar-refractivity contribution in [3.05, 3.63) is 71.4 Å². The van der Waals surface area contributed by atoms with Crippen LogP contribution in [0.3, 0.4) is 0 Å². The highest BCUT2D eigenvalue weighted by Gasteiger charge is 2.11. The zero-order valence-electron chi connectivity index (χ0n) is 12.1. The van der Waals surface area contributed by atoms with Gasteiger partial charge in [0.05, 0.1) is 11.1 Å². The summed E-state index contributed by atoms with van der Waals surface area (Å²) in [5, 5.41) is 3.86. The molecule has 0 radical (unpaired) electrons. The number of carbonyl (C=O) groups is 1. The van der Waals surface area contributed by atoms with Crippen molar-refractivity contribution in [1.82, 2.24) is 4.98 Å². The van der Waals surface area contributed by atoms with Crippen molar-refractivity contribution in [3.63, 3.8) is 0 Å². The van der Waals surface area contributed by atoms with Crippen LogP contribution >= 0.6 is 0 Å². The molecule has 1 aromatic heterocycles. The van der Waals surface area contributed by atoms with Gasteiger partial charge in [-0.3, -0.25) is 9.78 Å². The number of fused-ring (bicyclic) bond motifs is 1. The van der Waals surface area contributed by atoms with Crippen LogP contribution in [0.4, 0.5) is 5.69 Å². The van der Waals surface area contributed by atoms with Crippen LogP contribution in [0.5, 0.6) is 0 Å². The van der Waals surface area contributed by atoms with Gasteiger partial charge in [0.2, 0.25) is 0 Å². The zero-order valence-corrected chi connectivity index (χ0v) is 12.1. The molecule has 1 heterocycles. The minimum atomic E-state index is -0.109. The summed E-state index contributed by atoms with van der Waals surface area (Å²) in [7, 11) is 0. The number of benzene rings is 2. The summed E-state index contributed by atoms with van der Waals surface area (Å²) in [6.45, 7) is 4.00. The van der Waals surface area contributed by atoms with E-state index in [1.165, 1.54) is 0 Å². The van der Waals surface area contributed by atoms with Gasteiger partial charge >= 0.3 is 0 Å². The van der Waals surface area contributed by atoms with Crippen molar-refractivity contribution in [2.75, 3.05) is 5.32 Å². The predicted molar refractivity (Wildman–Crippen MR) is 85.6 cm³/mol. The van der Waals surface area contributed by atoms with Crippen molar-refractivity contribution in [2.24, 2.45) is 0 Å². The van der Waals surface area contributed by atoms with E-state index >= 15 is 0 Å². The van der Waals surface area contributed by atoms with E-state index in [4.69, 9.17) is 0 Å². The average molecular weight is 276 g/mol. The molecule has 2 aromatic carbocycles. The standard InChI is InChI=1S/C18H16N2O/c1-12-7-8-13(2)17(11-12)20-18(21)15-9-10-19-16-6-4-3-5-14(15)16/h3-11H,1-2H3,(H,20,21). The zero-order chi connectivity index (χ0) is 14.8. The lowest BCUT2D eigenvalue weighted by molar-refractivity contribution is 0.102. The summed E-state index contributed by atoms with van der Waals surface area (Å²) < 4.78 is 0. The molecule has 0 spiro atoms. The molecule has 0 aliphatic carbocycles. The predicted octanol–water partition coefficient (Wildman–Crippen LogP) is 4.10. The number of nitrogens with one attached hydrogen (secondary N) is 1. The van der Waals surface area contributed by atoms with Gasteiger partial charge in [0.25, 0.3) is 5.91 Å². The first-order chi connectivity index (χ1) is 10.1. The molecule has 3 aromatic rings. The lowest BCUT2D eigenvalue weighted by atomic mass is 10.1. The number of nitrogens with zero attached hydrogens (tertiary/aromatic N) is 1. The van der Waals surface area contributed by atoms with E-state index in [1.54, 1.807) is 12.3 Å². The van der Waals surface area contributed by atoms with E-state index in [1.807, 2.05) is 56.3 Å². The van der Waals surface area contributed by atoms with Gasteiger partial charge in [-0.05, 0) is 43.2 Å². The van der Waals surface area contributed by atoms with Crippen LogP contribution in [-0.2, 0) is 0 Å². The molecule has 0 bridgehead atoms. The Morgan fingerprint density at radius 3 is 2.71 bits per heavy atom. The molecule has 3 nitrogen and oxygen atoms in total. The minimum absolute atomic E-state index is 0.109. The maximum atomic E-state index is 12.6. The second-order valence-electron chi connectivity index (χ2n) is 5.15. The molecule has 0 aliphatic rings. The summed E-state index contributed by atoms with van der Waals surface area (Å²) >= 11 is 0. The Balaban J connectivity index is 1.99. The van der Waals surface area contributed by atoms with Crippen LogP contribution in [0.25, 0.3) is 10.9 Å². The smallest absolute Gasteiger partial charge is 0.256 e. The highest BCUT2D eigenvalue weighted by Crippen LogP contribution is 2.20. The average Bonchev–Trinajstić information content (AvgIpc) is 2.50. The lowest BCUT2D eigenvalue weighted by Crippen LogP contribution is -2.13. The van der Waals surface area contributed by atoms with E-state index < -0.39 is 0 Å². The fourth-order valence-corrected chi connectivity index (χ4v) is 2.35. The van der Waals surface area contributed by atoms with E-state index in [0.717, 1.165) is 27.7 Å². The van der Waals surface area contributed by atoms with Crippen LogP contribution in [0.1, 0.15) is 21.5 Å². The monoisotopic (exact) mass is 276 g/mol. The second-order valence-corrected chi connectivity index (χ2v) is 5.15. The first kappa shape index (κ1) is 13.3. The Morgan fingerprint density at radius 2 is 1.86 bits per heavy atom. The molecule has 0 fully saturated rings. The first-order valence-corrected chi connectivity index (χ1v) is 6.87. The minimum Gasteiger partial charge on any atom is -0.322 e. The van der Waals surface area contributed by atoms with E-state index in [9.17, 15) is 4.79 Å². The largest absolute Gasteiger partial charge is 0.322 e. The Kier molecular flexibility index (Phi) is 3.40. The van der Waals surface area contributed by atoms with Crippen LogP contribution in [0, 0.1) is 13.8 Å². The van der Waals surface area contributed by atoms with Crippen LogP contribution in [0.15, 0.2) is 54.7 Å². The maximum absolute atomic E-state index is 12.6. The number of rotatable bonds is 2. The number of hydrogen-bond donors (Lipinski definition) is 1. The Bertz CT molecular complexity index is 819. The molecule has 104 valence electrons. The Labute approximate surface area is 123 Å². The summed E-state index contributed by atoms with van der Waals surface area (Å²) in [5.41, 5.74) is 4.48. The second kappa shape index (κ2) is 5.37. The van der Waals surface area contributed by atoms with E-state index in [-0.39, 0.29) is 5.91 Å². The molecule has 3 heteroatoms. The number of hydrogen-bond acceptors (Lipinski definition) is 2. The molecule has 1 amide bonds. The summed E-state index contributed by atoms with van der Waals surface area (Å²) in [6.07, 6.45) is 1.67. The van der Waals surface area contributed by atoms with Crippen LogP contribution in [-0.4, -0.2) is 10.9 Å². The van der Waals surface area contributed by atoms with E-state index in [0.29, 0.717) is 5.56 Å². The lowest BCUT2D eigenvalue weighted by Gasteiger charge is -2.10. The van der Waals surface area contributed by atoms with Gasteiger partial charge in [-0.15, -0.1) is 0 Å². The van der Waals surface area contributed by atoms with Crippen molar-refractivity contribution in [1.29, 1.82) is 0 Å². The quantitative estimate of drug-likeness (QED) is 0.765. The SMILES string of the molecule is Cc1ccc(C)c(NC(=O)c2ccnc3ccccc23)c1. The molecule has 0 saturated carbocycles. The number of pyridine rings is 1. The summed E-state index contributed by atoms with van der Waals surface area (Å²) in [5.74, 6) is -0.109. The van der Waals surface area contributed by atoms with E-state index in [2.05, 4.69) is 10.3 Å². The number of anilines is 1. The summed E-state index contributed by atoms with van der Waals surface area (Å²) in [6, 6.07) is 15.4.